The third-order valence-electron chi connectivity index (χ3n) is 3.76. The summed E-state index contributed by atoms with van der Waals surface area (Å²) in [5.41, 5.74) is 1.26. The largest absolute Gasteiger partial charge is 0.309 e. The van der Waals surface area contributed by atoms with Crippen molar-refractivity contribution < 1.29 is 0 Å². The summed E-state index contributed by atoms with van der Waals surface area (Å²) in [6, 6.07) is 1.81. The predicted octanol–water partition coefficient (Wildman–Crippen LogP) is 1.55. The molecule has 1 N–H and O–H groups in total. The van der Waals surface area contributed by atoms with Crippen LogP contribution in [0.4, 0.5) is 0 Å². The summed E-state index contributed by atoms with van der Waals surface area (Å²) >= 11 is 0. The minimum atomic E-state index is 0.374. The maximum Gasteiger partial charge on any atom is 0.0537 e. The van der Waals surface area contributed by atoms with Gasteiger partial charge in [-0.2, -0.15) is 5.10 Å². The van der Waals surface area contributed by atoms with Gasteiger partial charge in [0.1, 0.15) is 0 Å². The molecule has 0 bridgehead atoms. The molecule has 1 aliphatic carbocycles. The molecule has 1 aromatic rings. The fourth-order valence-electron chi connectivity index (χ4n) is 2.11. The molecule has 2 atom stereocenters. The average Bonchev–Trinajstić information content (AvgIpc) is 3.07. The fraction of sp³-hybridized carbons (Fsp3) is 0.769. The fourth-order valence-corrected chi connectivity index (χ4v) is 2.11. The maximum absolute atomic E-state index is 4.20. The van der Waals surface area contributed by atoms with Crippen molar-refractivity contribution in [1.82, 2.24) is 20.0 Å². The van der Waals surface area contributed by atoms with E-state index in [1.807, 2.05) is 17.9 Å². The topological polar surface area (TPSA) is 33.1 Å². The number of hydrogen-bond donors (Lipinski definition) is 1. The van der Waals surface area contributed by atoms with E-state index in [1.165, 1.54) is 18.4 Å². The van der Waals surface area contributed by atoms with Crippen LogP contribution in [0.2, 0.25) is 0 Å². The smallest absolute Gasteiger partial charge is 0.0537 e. The van der Waals surface area contributed by atoms with Gasteiger partial charge in [-0.05, 0) is 33.7 Å². The molecule has 0 saturated heterocycles. The summed E-state index contributed by atoms with van der Waals surface area (Å²) in [4.78, 5) is 2.49. The maximum atomic E-state index is 4.20. The van der Waals surface area contributed by atoms with E-state index >= 15 is 0 Å². The highest BCUT2D eigenvalue weighted by Gasteiger charge is 2.29. The molecular weight excluding hydrogens is 212 g/mol. The Labute approximate surface area is 104 Å². The molecule has 96 valence electrons. The van der Waals surface area contributed by atoms with E-state index in [1.54, 1.807) is 0 Å². The van der Waals surface area contributed by atoms with Crippen molar-refractivity contribution in [2.24, 2.45) is 7.05 Å². The van der Waals surface area contributed by atoms with Crippen LogP contribution in [0.1, 0.15) is 38.3 Å². The van der Waals surface area contributed by atoms with Crippen molar-refractivity contribution in [3.8, 4) is 0 Å². The number of rotatable bonds is 6. The first kappa shape index (κ1) is 12.6. The van der Waals surface area contributed by atoms with Gasteiger partial charge in [0, 0.05) is 43.5 Å². The number of nitrogens with zero attached hydrogens (tertiary/aromatic N) is 3. The summed E-state index contributed by atoms with van der Waals surface area (Å²) in [7, 11) is 4.19. The van der Waals surface area contributed by atoms with Gasteiger partial charge in [-0.25, -0.2) is 0 Å². The first-order chi connectivity index (χ1) is 8.08. The molecule has 0 spiro atoms. The molecule has 1 aromatic heterocycles. The Bertz CT molecular complexity index is 356. The summed E-state index contributed by atoms with van der Waals surface area (Å²) in [6.07, 6.45) is 6.76. The number of nitrogens with one attached hydrogen (secondary N) is 1. The number of aromatic nitrogens is 2. The van der Waals surface area contributed by atoms with E-state index in [0.717, 1.165) is 12.6 Å². The molecule has 17 heavy (non-hydrogen) atoms. The van der Waals surface area contributed by atoms with Gasteiger partial charge in [-0.3, -0.25) is 9.58 Å². The molecule has 1 saturated carbocycles. The number of hydrogen-bond acceptors (Lipinski definition) is 3. The molecule has 1 heterocycles. The average molecular weight is 236 g/mol. The lowest BCUT2D eigenvalue weighted by molar-refractivity contribution is 0.237. The highest BCUT2D eigenvalue weighted by Crippen LogP contribution is 2.26. The van der Waals surface area contributed by atoms with E-state index in [2.05, 4.69) is 42.4 Å². The Kier molecular flexibility index (Phi) is 3.84. The Morgan fingerprint density at radius 1 is 1.53 bits per heavy atom. The SMILES string of the molecule is CC(NCC(C)N(C)C1CC1)c1cnn(C)c1. The van der Waals surface area contributed by atoms with Gasteiger partial charge >= 0.3 is 0 Å². The Balaban J connectivity index is 1.77. The van der Waals surface area contributed by atoms with Crippen LogP contribution >= 0.6 is 0 Å². The van der Waals surface area contributed by atoms with Gasteiger partial charge in [0.2, 0.25) is 0 Å². The van der Waals surface area contributed by atoms with Gasteiger partial charge in [0.15, 0.2) is 0 Å². The van der Waals surface area contributed by atoms with Crippen LogP contribution in [0.15, 0.2) is 12.4 Å². The van der Waals surface area contributed by atoms with Crippen molar-refractivity contribution in [1.29, 1.82) is 0 Å². The zero-order chi connectivity index (χ0) is 12.4. The van der Waals surface area contributed by atoms with E-state index < -0.39 is 0 Å². The molecule has 2 rings (SSSR count). The van der Waals surface area contributed by atoms with Crippen LogP contribution in [-0.2, 0) is 7.05 Å². The zero-order valence-electron chi connectivity index (χ0n) is 11.3. The Hall–Kier alpha value is -0.870. The standard InChI is InChI=1S/C13H24N4/c1-10(17(4)13-5-6-13)7-14-11(2)12-8-15-16(3)9-12/h8-11,13-14H,5-7H2,1-4H3. The van der Waals surface area contributed by atoms with E-state index in [4.69, 9.17) is 0 Å². The van der Waals surface area contributed by atoms with Gasteiger partial charge in [-0.1, -0.05) is 0 Å². The predicted molar refractivity (Wildman–Crippen MR) is 69.9 cm³/mol. The molecule has 1 aliphatic rings. The van der Waals surface area contributed by atoms with E-state index in [0.29, 0.717) is 12.1 Å². The van der Waals surface area contributed by atoms with Gasteiger partial charge in [0.25, 0.3) is 0 Å². The molecule has 0 aliphatic heterocycles. The zero-order valence-corrected chi connectivity index (χ0v) is 11.3. The molecule has 1 fully saturated rings. The van der Waals surface area contributed by atoms with Crippen LogP contribution in [0, 0.1) is 0 Å². The van der Waals surface area contributed by atoms with Gasteiger partial charge < -0.3 is 5.32 Å². The Morgan fingerprint density at radius 2 is 2.24 bits per heavy atom. The third-order valence-corrected chi connectivity index (χ3v) is 3.76. The van der Waals surface area contributed by atoms with Crippen molar-refractivity contribution in [3.63, 3.8) is 0 Å². The lowest BCUT2D eigenvalue weighted by atomic mass is 10.2. The lowest BCUT2D eigenvalue weighted by Gasteiger charge is -2.26. The van der Waals surface area contributed by atoms with Crippen molar-refractivity contribution in [3.05, 3.63) is 18.0 Å². The quantitative estimate of drug-likeness (QED) is 0.813. The van der Waals surface area contributed by atoms with Crippen molar-refractivity contribution in [2.45, 2.75) is 44.8 Å². The van der Waals surface area contributed by atoms with Gasteiger partial charge in [-0.15, -0.1) is 0 Å². The van der Waals surface area contributed by atoms with Crippen LogP contribution in [-0.4, -0.2) is 40.4 Å². The number of likely N-dealkylation sites (N-methyl/N-ethyl adjacent to an activating group) is 1. The first-order valence-electron chi connectivity index (χ1n) is 6.51. The van der Waals surface area contributed by atoms with E-state index in [-0.39, 0.29) is 0 Å². The van der Waals surface area contributed by atoms with Crippen molar-refractivity contribution >= 4 is 0 Å². The molecular formula is C13H24N4. The summed E-state index contributed by atoms with van der Waals surface area (Å²) in [5.74, 6) is 0. The number of aryl methyl sites for hydroxylation is 1. The van der Waals surface area contributed by atoms with Gasteiger partial charge in [0.05, 0.1) is 6.20 Å². The second-order valence-corrected chi connectivity index (χ2v) is 5.32. The highest BCUT2D eigenvalue weighted by atomic mass is 15.2. The molecule has 4 nitrogen and oxygen atoms in total. The molecule has 2 unspecified atom stereocenters. The van der Waals surface area contributed by atoms with Crippen molar-refractivity contribution in [2.75, 3.05) is 13.6 Å². The minimum Gasteiger partial charge on any atom is -0.309 e. The molecule has 4 heteroatoms. The molecule has 0 radical (unpaired) electrons. The van der Waals surface area contributed by atoms with Crippen LogP contribution in [0.5, 0.6) is 0 Å². The summed E-state index contributed by atoms with van der Waals surface area (Å²) < 4.78 is 1.85. The normalized spacial score (nSPS) is 19.6. The van der Waals surface area contributed by atoms with Crippen LogP contribution in [0.3, 0.4) is 0 Å². The minimum absolute atomic E-state index is 0.374. The second kappa shape index (κ2) is 5.19. The van der Waals surface area contributed by atoms with Crippen LogP contribution in [0.25, 0.3) is 0 Å². The van der Waals surface area contributed by atoms with E-state index in [9.17, 15) is 0 Å². The van der Waals surface area contributed by atoms with Crippen LogP contribution < -0.4 is 5.32 Å². The third kappa shape index (κ3) is 3.30. The summed E-state index contributed by atoms with van der Waals surface area (Å²) in [5, 5.41) is 7.78. The molecule has 0 aromatic carbocycles. The first-order valence-corrected chi connectivity index (χ1v) is 6.51. The Morgan fingerprint density at radius 3 is 2.76 bits per heavy atom. The molecule has 0 amide bonds. The second-order valence-electron chi connectivity index (χ2n) is 5.32. The monoisotopic (exact) mass is 236 g/mol. The highest BCUT2D eigenvalue weighted by molar-refractivity contribution is 5.08. The lowest BCUT2D eigenvalue weighted by Crippen LogP contribution is -2.39. The summed E-state index contributed by atoms with van der Waals surface area (Å²) in [6.45, 7) is 5.52.